The summed E-state index contributed by atoms with van der Waals surface area (Å²) in [5.41, 5.74) is 3.25. The van der Waals surface area contributed by atoms with Crippen molar-refractivity contribution < 1.29 is 9.90 Å². The van der Waals surface area contributed by atoms with Crippen LogP contribution in [-0.4, -0.2) is 15.6 Å². The molecule has 0 aliphatic carbocycles. The summed E-state index contributed by atoms with van der Waals surface area (Å²) in [6.45, 7) is 0. The number of hydrogen-bond donors (Lipinski definition) is 1. The van der Waals surface area contributed by atoms with E-state index >= 15 is 0 Å². The monoisotopic (exact) mass is 287 g/mol. The summed E-state index contributed by atoms with van der Waals surface area (Å²) in [6, 6.07) is 11.8. The minimum absolute atomic E-state index is 0.140. The third-order valence-electron chi connectivity index (χ3n) is 3.67. The zero-order valence-electron chi connectivity index (χ0n) is 11.1. The number of halogens is 1. The van der Waals surface area contributed by atoms with E-state index in [9.17, 15) is 4.79 Å². The lowest BCUT2D eigenvalue weighted by molar-refractivity contribution is -0.136. The Morgan fingerprint density at radius 1 is 1.25 bits per heavy atom. The molecule has 0 fully saturated rings. The van der Waals surface area contributed by atoms with Gasteiger partial charge in [0.2, 0.25) is 0 Å². The summed E-state index contributed by atoms with van der Waals surface area (Å²) < 4.78 is 2.11. The molecule has 0 spiro atoms. The second kappa shape index (κ2) is 4.84. The van der Waals surface area contributed by atoms with Crippen LogP contribution in [0.5, 0.6) is 0 Å². The highest BCUT2D eigenvalue weighted by molar-refractivity contribution is 6.31. The van der Waals surface area contributed by atoms with Crippen molar-refractivity contribution in [3.63, 3.8) is 0 Å². The van der Waals surface area contributed by atoms with Gasteiger partial charge in [0, 0.05) is 34.8 Å². The van der Waals surface area contributed by atoms with Gasteiger partial charge in [-0.05, 0) is 30.2 Å². The van der Waals surface area contributed by atoms with Gasteiger partial charge in [0.05, 0.1) is 5.52 Å². The zero-order valence-corrected chi connectivity index (χ0v) is 11.8. The van der Waals surface area contributed by atoms with Crippen molar-refractivity contribution in [3.8, 4) is 0 Å². The van der Waals surface area contributed by atoms with Crippen molar-refractivity contribution in [3.05, 3.63) is 47.0 Å². The van der Waals surface area contributed by atoms with Crippen LogP contribution in [0.4, 0.5) is 0 Å². The summed E-state index contributed by atoms with van der Waals surface area (Å²) >= 11 is 6.08. The van der Waals surface area contributed by atoms with E-state index in [0.29, 0.717) is 11.4 Å². The summed E-state index contributed by atoms with van der Waals surface area (Å²) in [6.07, 6.45) is 0.673. The molecule has 1 heterocycles. The number of aryl methyl sites for hydroxylation is 2. The first-order chi connectivity index (χ1) is 9.58. The third kappa shape index (κ3) is 2.04. The van der Waals surface area contributed by atoms with Crippen LogP contribution in [0.15, 0.2) is 36.4 Å². The smallest absolute Gasteiger partial charge is 0.303 e. The van der Waals surface area contributed by atoms with E-state index in [4.69, 9.17) is 16.7 Å². The van der Waals surface area contributed by atoms with E-state index in [1.54, 1.807) is 0 Å². The van der Waals surface area contributed by atoms with E-state index < -0.39 is 5.97 Å². The molecule has 0 atom stereocenters. The summed E-state index contributed by atoms with van der Waals surface area (Å²) in [7, 11) is 2.00. The fourth-order valence-corrected chi connectivity index (χ4v) is 2.96. The number of aliphatic carboxylic acids is 1. The molecular formula is C16H14ClNO2. The van der Waals surface area contributed by atoms with Crippen molar-refractivity contribution in [1.82, 2.24) is 4.57 Å². The van der Waals surface area contributed by atoms with Crippen molar-refractivity contribution in [2.45, 2.75) is 12.8 Å². The van der Waals surface area contributed by atoms with E-state index in [1.807, 2.05) is 37.4 Å². The van der Waals surface area contributed by atoms with Crippen LogP contribution in [0.25, 0.3) is 21.8 Å². The quantitative estimate of drug-likeness (QED) is 0.791. The van der Waals surface area contributed by atoms with Crippen LogP contribution in [-0.2, 0) is 18.3 Å². The number of carbonyl (C=O) groups is 1. The van der Waals surface area contributed by atoms with Gasteiger partial charge in [-0.3, -0.25) is 4.79 Å². The van der Waals surface area contributed by atoms with Gasteiger partial charge in [-0.15, -0.1) is 0 Å². The molecule has 3 aromatic rings. The Kier molecular flexibility index (Phi) is 3.14. The van der Waals surface area contributed by atoms with Crippen LogP contribution < -0.4 is 0 Å². The second-order valence-electron chi connectivity index (χ2n) is 4.93. The molecule has 4 heteroatoms. The molecular weight excluding hydrogens is 274 g/mol. The largest absolute Gasteiger partial charge is 0.481 e. The fourth-order valence-electron chi connectivity index (χ4n) is 2.79. The van der Waals surface area contributed by atoms with E-state index in [2.05, 4.69) is 10.6 Å². The maximum Gasteiger partial charge on any atom is 0.303 e. The number of nitrogens with zero attached hydrogens (tertiary/aromatic N) is 1. The second-order valence-corrected chi connectivity index (χ2v) is 5.36. The fraction of sp³-hybridized carbons (Fsp3) is 0.188. The van der Waals surface area contributed by atoms with Crippen molar-refractivity contribution >= 4 is 39.4 Å². The number of para-hydroxylation sites is 1. The number of aromatic nitrogens is 1. The van der Waals surface area contributed by atoms with Crippen LogP contribution in [0.1, 0.15) is 12.0 Å². The molecule has 3 nitrogen and oxygen atoms in total. The molecule has 0 radical (unpaired) electrons. The Balaban J connectivity index is 2.28. The number of hydrogen-bond acceptors (Lipinski definition) is 1. The van der Waals surface area contributed by atoms with Gasteiger partial charge >= 0.3 is 5.97 Å². The molecule has 102 valence electrons. The minimum Gasteiger partial charge on any atom is -0.481 e. The molecule has 0 amide bonds. The maximum atomic E-state index is 10.8. The summed E-state index contributed by atoms with van der Waals surface area (Å²) in [4.78, 5) is 10.8. The number of fused-ring (bicyclic) bond motifs is 3. The van der Waals surface area contributed by atoms with Gasteiger partial charge in [-0.1, -0.05) is 29.8 Å². The Bertz CT molecular complexity index is 820. The van der Waals surface area contributed by atoms with Gasteiger partial charge in [0.15, 0.2) is 0 Å². The predicted molar refractivity (Wildman–Crippen MR) is 81.4 cm³/mol. The predicted octanol–water partition coefficient (Wildman–Crippen LogP) is 4.00. The number of carboxylic acid groups (broad SMARTS) is 1. The molecule has 1 N–H and O–H groups in total. The van der Waals surface area contributed by atoms with Crippen molar-refractivity contribution in [2.24, 2.45) is 7.05 Å². The van der Waals surface area contributed by atoms with Gasteiger partial charge in [0.25, 0.3) is 0 Å². The molecule has 0 saturated carbocycles. The van der Waals surface area contributed by atoms with Gasteiger partial charge in [-0.2, -0.15) is 0 Å². The van der Waals surface area contributed by atoms with Crippen LogP contribution in [0.2, 0.25) is 5.02 Å². The highest BCUT2D eigenvalue weighted by Crippen LogP contribution is 2.32. The van der Waals surface area contributed by atoms with E-state index in [-0.39, 0.29) is 6.42 Å². The molecule has 3 rings (SSSR count). The van der Waals surface area contributed by atoms with Crippen LogP contribution >= 0.6 is 11.6 Å². The number of carboxylic acids is 1. The standard InChI is InChI=1S/C16H14ClNO2/c1-18-14-7-6-11(17)9-13(14)12-4-2-3-10(16(12)18)5-8-15(19)20/h2-4,6-7,9H,5,8H2,1H3,(H,19,20). The van der Waals surface area contributed by atoms with Crippen molar-refractivity contribution in [2.75, 3.05) is 0 Å². The molecule has 0 aliphatic heterocycles. The maximum absolute atomic E-state index is 10.8. The highest BCUT2D eigenvalue weighted by atomic mass is 35.5. The molecule has 2 aromatic carbocycles. The normalized spacial score (nSPS) is 11.3. The Hall–Kier alpha value is -2.00. The molecule has 20 heavy (non-hydrogen) atoms. The Morgan fingerprint density at radius 2 is 2.05 bits per heavy atom. The first-order valence-electron chi connectivity index (χ1n) is 6.45. The van der Waals surface area contributed by atoms with Gasteiger partial charge in [-0.25, -0.2) is 0 Å². The first kappa shape index (κ1) is 13.0. The highest BCUT2D eigenvalue weighted by Gasteiger charge is 2.12. The lowest BCUT2D eigenvalue weighted by atomic mass is 10.1. The molecule has 1 aromatic heterocycles. The first-order valence-corrected chi connectivity index (χ1v) is 6.83. The lowest BCUT2D eigenvalue weighted by Gasteiger charge is -2.05. The third-order valence-corrected chi connectivity index (χ3v) is 3.91. The van der Waals surface area contributed by atoms with E-state index in [0.717, 1.165) is 27.4 Å². The van der Waals surface area contributed by atoms with Crippen LogP contribution in [0.3, 0.4) is 0 Å². The molecule has 0 aliphatic rings. The summed E-state index contributed by atoms with van der Waals surface area (Å²) in [5, 5.41) is 11.8. The molecule has 0 saturated heterocycles. The Labute approximate surface area is 121 Å². The van der Waals surface area contributed by atoms with Crippen molar-refractivity contribution in [1.29, 1.82) is 0 Å². The average molecular weight is 288 g/mol. The SMILES string of the molecule is Cn1c2ccc(Cl)cc2c2cccc(CCC(=O)O)c21. The zero-order chi connectivity index (χ0) is 14.3. The molecule has 0 unspecified atom stereocenters. The van der Waals surface area contributed by atoms with E-state index in [1.165, 1.54) is 0 Å². The van der Waals surface area contributed by atoms with Gasteiger partial charge in [0.1, 0.15) is 0 Å². The average Bonchev–Trinajstić information content (AvgIpc) is 2.70. The number of rotatable bonds is 3. The topological polar surface area (TPSA) is 42.2 Å². The Morgan fingerprint density at radius 3 is 2.80 bits per heavy atom. The summed E-state index contributed by atoms with van der Waals surface area (Å²) in [5.74, 6) is -0.774. The van der Waals surface area contributed by atoms with Crippen LogP contribution in [0, 0.1) is 0 Å². The lowest BCUT2D eigenvalue weighted by Crippen LogP contribution is -1.99. The molecule has 0 bridgehead atoms. The van der Waals surface area contributed by atoms with Gasteiger partial charge < -0.3 is 9.67 Å². The number of benzene rings is 2. The minimum atomic E-state index is -0.774.